The molecule has 8 nitrogen and oxygen atoms in total. The Morgan fingerprint density at radius 2 is 2.32 bits per heavy atom. The van der Waals surface area contributed by atoms with Gasteiger partial charge in [-0.05, 0) is 0 Å². The van der Waals surface area contributed by atoms with Crippen molar-refractivity contribution >= 4 is 29.7 Å². The largest absolute Gasteiger partial charge is 0.432 e. The third-order valence-corrected chi connectivity index (χ3v) is 3.41. The van der Waals surface area contributed by atoms with Crippen LogP contribution in [0.1, 0.15) is 6.42 Å². The molecule has 0 spiro atoms. The first-order valence-corrected chi connectivity index (χ1v) is 6.69. The lowest BCUT2D eigenvalue weighted by Gasteiger charge is -2.13. The number of imide groups is 1. The van der Waals surface area contributed by atoms with Gasteiger partial charge in [0.1, 0.15) is 0 Å². The Bertz CT molecular complexity index is 351. The van der Waals surface area contributed by atoms with Gasteiger partial charge in [0.05, 0.1) is 24.9 Å². The van der Waals surface area contributed by atoms with E-state index >= 15 is 0 Å². The molecule has 1 fully saturated rings. The molecule has 0 radical (unpaired) electrons. The number of hydrogen-bond donors (Lipinski definition) is 2. The number of aliphatic hydroxyl groups is 1. The fraction of sp³-hybridized carbons (Fsp3) is 0.700. The summed E-state index contributed by atoms with van der Waals surface area (Å²) in [7, 11) is 1.48. The van der Waals surface area contributed by atoms with Crippen molar-refractivity contribution in [3.05, 3.63) is 0 Å². The van der Waals surface area contributed by atoms with Crippen molar-refractivity contribution in [3.8, 4) is 0 Å². The standard InChI is InChI=1S/C10H16N2O6S/c1-17-4-2-11-10(16)18-12-8(14)6-7(9(12)15)19-5-3-13/h7,13H,2-6H2,1H3,(H,11,16). The first-order valence-electron chi connectivity index (χ1n) is 5.64. The number of ether oxygens (including phenoxy) is 1. The minimum absolute atomic E-state index is 0.0329. The van der Waals surface area contributed by atoms with Crippen LogP contribution in [0, 0.1) is 0 Å². The zero-order chi connectivity index (χ0) is 14.3. The molecular formula is C10H16N2O6S. The number of carbonyl (C=O) groups is 3. The van der Waals surface area contributed by atoms with Crippen molar-refractivity contribution in [2.75, 3.05) is 32.6 Å². The van der Waals surface area contributed by atoms with E-state index in [1.54, 1.807) is 0 Å². The maximum Gasteiger partial charge on any atom is 0.432 e. The van der Waals surface area contributed by atoms with E-state index in [-0.39, 0.29) is 19.6 Å². The zero-order valence-corrected chi connectivity index (χ0v) is 11.3. The summed E-state index contributed by atoms with van der Waals surface area (Å²) in [6, 6.07) is 0. The maximum absolute atomic E-state index is 11.8. The molecule has 3 amide bonds. The molecule has 0 aromatic carbocycles. The highest BCUT2D eigenvalue weighted by Gasteiger charge is 2.41. The lowest BCUT2D eigenvalue weighted by molar-refractivity contribution is -0.171. The van der Waals surface area contributed by atoms with E-state index in [2.05, 4.69) is 10.2 Å². The van der Waals surface area contributed by atoms with Crippen LogP contribution in [0.4, 0.5) is 4.79 Å². The van der Waals surface area contributed by atoms with E-state index < -0.39 is 23.2 Å². The molecule has 1 unspecified atom stereocenters. The summed E-state index contributed by atoms with van der Waals surface area (Å²) >= 11 is 1.15. The third kappa shape index (κ3) is 4.69. The highest BCUT2D eigenvalue weighted by Crippen LogP contribution is 2.25. The van der Waals surface area contributed by atoms with Crippen molar-refractivity contribution in [1.29, 1.82) is 0 Å². The fourth-order valence-corrected chi connectivity index (χ4v) is 2.26. The van der Waals surface area contributed by atoms with Crippen molar-refractivity contribution in [1.82, 2.24) is 10.4 Å². The molecule has 0 aromatic rings. The molecule has 0 saturated carbocycles. The number of carbonyl (C=O) groups excluding carboxylic acids is 3. The lowest BCUT2D eigenvalue weighted by atomic mass is 10.4. The van der Waals surface area contributed by atoms with Crippen LogP contribution < -0.4 is 5.32 Å². The van der Waals surface area contributed by atoms with E-state index in [4.69, 9.17) is 9.84 Å². The highest BCUT2D eigenvalue weighted by molar-refractivity contribution is 8.00. The van der Waals surface area contributed by atoms with Crippen LogP contribution >= 0.6 is 11.8 Å². The van der Waals surface area contributed by atoms with Gasteiger partial charge in [0, 0.05) is 19.4 Å². The minimum atomic E-state index is -0.883. The molecule has 1 heterocycles. The monoisotopic (exact) mass is 292 g/mol. The quantitative estimate of drug-likeness (QED) is 0.464. The Hall–Kier alpha value is -1.32. The molecule has 1 aliphatic heterocycles. The van der Waals surface area contributed by atoms with E-state index in [9.17, 15) is 14.4 Å². The van der Waals surface area contributed by atoms with Gasteiger partial charge in [-0.15, -0.1) is 11.8 Å². The van der Waals surface area contributed by atoms with Crippen molar-refractivity contribution < 1.29 is 29.1 Å². The molecule has 2 N–H and O–H groups in total. The predicted molar refractivity (Wildman–Crippen MR) is 66.2 cm³/mol. The molecule has 1 saturated heterocycles. The molecule has 1 atom stereocenters. The van der Waals surface area contributed by atoms with E-state index in [0.29, 0.717) is 17.4 Å². The number of rotatable bonds is 7. The summed E-state index contributed by atoms with van der Waals surface area (Å²) in [6.45, 7) is 0.432. The fourth-order valence-electron chi connectivity index (χ4n) is 1.37. The average Bonchev–Trinajstić information content (AvgIpc) is 2.64. The van der Waals surface area contributed by atoms with Crippen LogP contribution in [0.25, 0.3) is 0 Å². The molecule has 9 heteroatoms. The first kappa shape index (κ1) is 15.7. The summed E-state index contributed by atoms with van der Waals surface area (Å²) < 4.78 is 4.72. The topological polar surface area (TPSA) is 105 Å². The number of aliphatic hydroxyl groups excluding tert-OH is 1. The summed E-state index contributed by atoms with van der Waals surface area (Å²) in [6.07, 6.45) is -0.916. The Labute approximate surface area is 114 Å². The van der Waals surface area contributed by atoms with Crippen molar-refractivity contribution in [3.63, 3.8) is 0 Å². The number of amides is 3. The number of nitrogens with one attached hydrogen (secondary N) is 1. The highest BCUT2D eigenvalue weighted by atomic mass is 32.2. The van der Waals surface area contributed by atoms with Crippen LogP contribution in [0.2, 0.25) is 0 Å². The minimum Gasteiger partial charge on any atom is -0.396 e. The molecule has 108 valence electrons. The molecular weight excluding hydrogens is 276 g/mol. The molecule has 1 aliphatic rings. The Balaban J connectivity index is 2.42. The van der Waals surface area contributed by atoms with E-state index in [1.165, 1.54) is 7.11 Å². The first-order chi connectivity index (χ1) is 9.10. The van der Waals surface area contributed by atoms with Gasteiger partial charge in [-0.25, -0.2) is 4.79 Å². The number of nitrogens with zero attached hydrogens (tertiary/aromatic N) is 1. The van der Waals surface area contributed by atoms with Gasteiger partial charge in [-0.2, -0.15) is 0 Å². The molecule has 0 aromatic heterocycles. The Kier molecular flexibility index (Phi) is 6.60. The van der Waals surface area contributed by atoms with Crippen molar-refractivity contribution in [2.45, 2.75) is 11.7 Å². The lowest BCUT2D eigenvalue weighted by Crippen LogP contribution is -2.39. The summed E-state index contributed by atoms with van der Waals surface area (Å²) in [4.78, 5) is 39.2. The normalized spacial score (nSPS) is 18.8. The molecule has 0 aliphatic carbocycles. The summed E-state index contributed by atoms with van der Waals surface area (Å²) in [5.74, 6) is -0.801. The van der Waals surface area contributed by atoms with Crippen LogP contribution in [-0.4, -0.2) is 65.9 Å². The molecule has 19 heavy (non-hydrogen) atoms. The van der Waals surface area contributed by atoms with Gasteiger partial charge in [-0.1, -0.05) is 5.06 Å². The second-order valence-electron chi connectivity index (χ2n) is 3.61. The SMILES string of the molecule is COCCNC(=O)ON1C(=O)CC(SCCO)C1=O. The smallest absolute Gasteiger partial charge is 0.396 e. The number of hydrogen-bond acceptors (Lipinski definition) is 7. The zero-order valence-electron chi connectivity index (χ0n) is 10.5. The van der Waals surface area contributed by atoms with Crippen LogP contribution in [0.15, 0.2) is 0 Å². The van der Waals surface area contributed by atoms with E-state index in [0.717, 1.165) is 11.8 Å². The molecule has 0 bridgehead atoms. The van der Waals surface area contributed by atoms with Gasteiger partial charge < -0.3 is 20.0 Å². The number of thioether (sulfide) groups is 1. The van der Waals surface area contributed by atoms with Gasteiger partial charge >= 0.3 is 6.09 Å². The van der Waals surface area contributed by atoms with Crippen LogP contribution in [0.5, 0.6) is 0 Å². The summed E-state index contributed by atoms with van der Waals surface area (Å²) in [5.41, 5.74) is 0. The maximum atomic E-state index is 11.8. The molecule has 1 rings (SSSR count). The van der Waals surface area contributed by atoms with Gasteiger partial charge in [-0.3, -0.25) is 9.59 Å². The van der Waals surface area contributed by atoms with Gasteiger partial charge in [0.2, 0.25) is 0 Å². The number of methoxy groups -OCH3 is 1. The van der Waals surface area contributed by atoms with Gasteiger partial charge in [0.15, 0.2) is 0 Å². The van der Waals surface area contributed by atoms with Crippen LogP contribution in [-0.2, 0) is 19.2 Å². The predicted octanol–water partition coefficient (Wildman–Crippen LogP) is -0.873. The Morgan fingerprint density at radius 1 is 1.58 bits per heavy atom. The second-order valence-corrected chi connectivity index (χ2v) is 4.92. The average molecular weight is 292 g/mol. The number of hydroxylamine groups is 2. The Morgan fingerprint density at radius 3 is 2.95 bits per heavy atom. The summed E-state index contributed by atoms with van der Waals surface area (Å²) in [5, 5.41) is 10.9. The van der Waals surface area contributed by atoms with E-state index in [1.807, 2.05) is 0 Å². The second kappa shape index (κ2) is 7.97. The van der Waals surface area contributed by atoms with Crippen molar-refractivity contribution in [2.24, 2.45) is 0 Å². The van der Waals surface area contributed by atoms with Crippen LogP contribution in [0.3, 0.4) is 0 Å². The third-order valence-electron chi connectivity index (χ3n) is 2.22. The van der Waals surface area contributed by atoms with Gasteiger partial charge in [0.25, 0.3) is 11.8 Å².